The molecule has 0 aromatic carbocycles. The van der Waals surface area contributed by atoms with Crippen LogP contribution in [0.25, 0.3) is 10.4 Å². The summed E-state index contributed by atoms with van der Waals surface area (Å²) in [7, 11) is 0. The van der Waals surface area contributed by atoms with Crippen LogP contribution in [0.3, 0.4) is 0 Å². The second kappa shape index (κ2) is 8.81. The maximum atomic E-state index is 11.1. The van der Waals surface area contributed by atoms with Gasteiger partial charge in [0.05, 0.1) is 6.61 Å². The summed E-state index contributed by atoms with van der Waals surface area (Å²) in [5.41, 5.74) is 8.64. The molecule has 0 aromatic heterocycles. The Morgan fingerprint density at radius 3 is 2.76 bits per heavy atom. The number of nitrogens with zero attached hydrogens (tertiary/aromatic N) is 3. The van der Waals surface area contributed by atoms with Crippen LogP contribution in [0.2, 0.25) is 0 Å². The lowest BCUT2D eigenvalue weighted by atomic mass is 9.97. The molecule has 2 N–H and O–H groups in total. The molecular weight excluding hydrogens is 282 g/mol. The highest BCUT2D eigenvalue weighted by molar-refractivity contribution is 5.66. The van der Waals surface area contributed by atoms with Gasteiger partial charge in [0.1, 0.15) is 24.4 Å². The van der Waals surface area contributed by atoms with Crippen molar-refractivity contribution in [1.82, 2.24) is 0 Å². The molecule has 1 aliphatic heterocycles. The fourth-order valence-corrected chi connectivity index (χ4v) is 2.05. The molecule has 9 nitrogen and oxygen atoms in total. The average molecular weight is 303 g/mol. The van der Waals surface area contributed by atoms with Crippen LogP contribution in [-0.4, -0.2) is 60.0 Å². The van der Waals surface area contributed by atoms with Gasteiger partial charge in [-0.15, -0.1) is 0 Å². The van der Waals surface area contributed by atoms with Crippen molar-refractivity contribution >= 4 is 5.97 Å². The molecule has 1 rings (SSSR count). The zero-order valence-electron chi connectivity index (χ0n) is 12.1. The molecule has 9 heteroatoms. The second-order valence-electron chi connectivity index (χ2n) is 4.71. The molecule has 120 valence electrons. The molecule has 1 fully saturated rings. The summed E-state index contributed by atoms with van der Waals surface area (Å²) < 4.78 is 15.8. The molecule has 1 heterocycles. The van der Waals surface area contributed by atoms with Gasteiger partial charge in [-0.05, 0) is 12.0 Å². The third kappa shape index (κ3) is 4.83. The van der Waals surface area contributed by atoms with E-state index in [4.69, 9.17) is 19.7 Å². The first-order valence-corrected chi connectivity index (χ1v) is 6.82. The lowest BCUT2D eigenvalue weighted by molar-refractivity contribution is -0.265. The summed E-state index contributed by atoms with van der Waals surface area (Å²) >= 11 is 0. The van der Waals surface area contributed by atoms with Gasteiger partial charge < -0.3 is 24.4 Å². The van der Waals surface area contributed by atoms with E-state index in [1.165, 1.54) is 6.92 Å². The number of rotatable bonds is 7. The first-order valence-electron chi connectivity index (χ1n) is 6.82. The van der Waals surface area contributed by atoms with Gasteiger partial charge in [-0.1, -0.05) is 18.5 Å². The number of unbranched alkanes of at least 4 members (excludes halogenated alkanes) is 1. The SMILES string of the molecule is CCCCOC1C(N=[N+]=[N-])[C@H](OC(C)=O)OC(CO)[C@H]1O. The molecule has 1 saturated heterocycles. The fourth-order valence-electron chi connectivity index (χ4n) is 2.05. The molecule has 1 aliphatic rings. The van der Waals surface area contributed by atoms with E-state index in [9.17, 15) is 15.0 Å². The lowest BCUT2D eigenvalue weighted by Gasteiger charge is -2.41. The first-order chi connectivity index (χ1) is 10.0. The summed E-state index contributed by atoms with van der Waals surface area (Å²) in [6, 6.07) is -1.02. The van der Waals surface area contributed by atoms with Gasteiger partial charge in [0.2, 0.25) is 6.29 Å². The standard InChI is InChI=1S/C12H21N3O6/c1-3-4-5-19-11-9(14-15-13)12(20-7(2)17)21-8(6-16)10(11)18/h8-12,16,18H,3-6H2,1-2H3/t8?,9?,10-,11?,12-/m1/s1. The van der Waals surface area contributed by atoms with Gasteiger partial charge in [0, 0.05) is 18.4 Å². The third-order valence-corrected chi connectivity index (χ3v) is 3.10. The monoisotopic (exact) mass is 303 g/mol. The number of carbonyl (C=O) groups excluding carboxylic acids is 1. The smallest absolute Gasteiger partial charge is 0.304 e. The number of aliphatic hydroxyl groups excluding tert-OH is 2. The van der Waals surface area contributed by atoms with Crippen LogP contribution in [0.15, 0.2) is 5.11 Å². The topological polar surface area (TPSA) is 134 Å². The molecule has 0 aliphatic carbocycles. The molecule has 0 saturated carbocycles. The molecule has 0 spiro atoms. The minimum Gasteiger partial charge on any atom is -0.435 e. The van der Waals surface area contributed by atoms with Gasteiger partial charge in [-0.3, -0.25) is 4.79 Å². The van der Waals surface area contributed by atoms with E-state index in [2.05, 4.69) is 10.0 Å². The van der Waals surface area contributed by atoms with Crippen LogP contribution in [0.1, 0.15) is 26.7 Å². The summed E-state index contributed by atoms with van der Waals surface area (Å²) in [6.07, 6.45) is -2.63. The Kier molecular flexibility index (Phi) is 7.41. The van der Waals surface area contributed by atoms with Crippen molar-refractivity contribution in [2.45, 2.75) is 57.3 Å². The molecule has 0 aromatic rings. The van der Waals surface area contributed by atoms with Crippen molar-refractivity contribution in [2.75, 3.05) is 13.2 Å². The van der Waals surface area contributed by atoms with Crippen LogP contribution < -0.4 is 0 Å². The predicted molar refractivity (Wildman–Crippen MR) is 71.1 cm³/mol. The highest BCUT2D eigenvalue weighted by Crippen LogP contribution is 2.27. The van der Waals surface area contributed by atoms with Crippen molar-refractivity contribution in [3.63, 3.8) is 0 Å². The number of carbonyl (C=O) groups is 1. The lowest BCUT2D eigenvalue weighted by Crippen LogP contribution is -2.59. The number of ether oxygens (including phenoxy) is 3. The van der Waals surface area contributed by atoms with Crippen molar-refractivity contribution in [3.05, 3.63) is 10.4 Å². The average Bonchev–Trinajstić information content (AvgIpc) is 2.44. The predicted octanol–water partition coefficient (Wildman–Crippen LogP) is 0.492. The Morgan fingerprint density at radius 1 is 1.52 bits per heavy atom. The Hall–Kier alpha value is -1.38. The van der Waals surface area contributed by atoms with Crippen molar-refractivity contribution in [1.29, 1.82) is 0 Å². The van der Waals surface area contributed by atoms with Gasteiger partial charge >= 0.3 is 5.97 Å². The number of esters is 1. The van der Waals surface area contributed by atoms with E-state index in [1.807, 2.05) is 6.92 Å². The highest BCUT2D eigenvalue weighted by atomic mass is 16.7. The van der Waals surface area contributed by atoms with Gasteiger partial charge in [0.25, 0.3) is 0 Å². The molecule has 0 radical (unpaired) electrons. The maximum absolute atomic E-state index is 11.1. The summed E-state index contributed by atoms with van der Waals surface area (Å²) in [6.45, 7) is 3.03. The number of hydrogen-bond donors (Lipinski definition) is 2. The minimum absolute atomic E-state index is 0.348. The minimum atomic E-state index is -1.20. The summed E-state index contributed by atoms with van der Waals surface area (Å²) in [4.78, 5) is 13.8. The molecule has 21 heavy (non-hydrogen) atoms. The molecule has 0 bridgehead atoms. The molecule has 0 amide bonds. The second-order valence-corrected chi connectivity index (χ2v) is 4.71. The first kappa shape index (κ1) is 17.7. The summed E-state index contributed by atoms with van der Waals surface area (Å²) in [5.74, 6) is -0.626. The largest absolute Gasteiger partial charge is 0.435 e. The maximum Gasteiger partial charge on any atom is 0.304 e. The van der Waals surface area contributed by atoms with Crippen LogP contribution >= 0.6 is 0 Å². The van der Waals surface area contributed by atoms with E-state index >= 15 is 0 Å². The molecule has 5 atom stereocenters. The van der Waals surface area contributed by atoms with E-state index in [1.54, 1.807) is 0 Å². The molecular formula is C12H21N3O6. The Morgan fingerprint density at radius 2 is 2.24 bits per heavy atom. The van der Waals surface area contributed by atoms with E-state index < -0.39 is 43.2 Å². The fraction of sp³-hybridized carbons (Fsp3) is 0.917. The van der Waals surface area contributed by atoms with Crippen LogP contribution in [0.4, 0.5) is 0 Å². The third-order valence-electron chi connectivity index (χ3n) is 3.10. The van der Waals surface area contributed by atoms with Gasteiger partial charge in [-0.25, -0.2) is 0 Å². The van der Waals surface area contributed by atoms with Gasteiger partial charge in [0.15, 0.2) is 0 Å². The van der Waals surface area contributed by atoms with Crippen LogP contribution in [0.5, 0.6) is 0 Å². The van der Waals surface area contributed by atoms with Crippen LogP contribution in [-0.2, 0) is 19.0 Å². The normalized spacial score (nSPS) is 32.3. The Bertz CT molecular complexity index is 387. The zero-order valence-corrected chi connectivity index (χ0v) is 12.1. The number of aliphatic hydroxyl groups is 2. The van der Waals surface area contributed by atoms with Crippen LogP contribution in [0, 0.1) is 0 Å². The summed E-state index contributed by atoms with van der Waals surface area (Å²) in [5, 5.41) is 22.9. The number of azide groups is 1. The zero-order chi connectivity index (χ0) is 15.8. The van der Waals surface area contributed by atoms with Crippen molar-refractivity contribution in [2.24, 2.45) is 5.11 Å². The quantitative estimate of drug-likeness (QED) is 0.231. The number of hydrogen-bond acceptors (Lipinski definition) is 7. The van der Waals surface area contributed by atoms with E-state index in [0.717, 1.165) is 12.8 Å². The highest BCUT2D eigenvalue weighted by Gasteiger charge is 2.47. The van der Waals surface area contributed by atoms with Crippen molar-refractivity contribution in [3.8, 4) is 0 Å². The van der Waals surface area contributed by atoms with Crippen molar-refractivity contribution < 1.29 is 29.2 Å². The Balaban J connectivity index is 2.93. The molecule has 3 unspecified atom stereocenters. The van der Waals surface area contributed by atoms with E-state index in [-0.39, 0.29) is 0 Å². The van der Waals surface area contributed by atoms with E-state index in [0.29, 0.717) is 6.61 Å². The van der Waals surface area contributed by atoms with Gasteiger partial charge in [-0.2, -0.15) is 0 Å². The Labute approximate surface area is 122 Å².